The molecule has 1 heterocycles. The first-order chi connectivity index (χ1) is 9.49. The fraction of sp³-hybridized carbons (Fsp3) is 0.812. The number of hydrogen-bond donors (Lipinski definition) is 0. The van der Waals surface area contributed by atoms with Gasteiger partial charge in [-0.25, -0.2) is 4.79 Å². The normalized spacial score (nSPS) is 22.9. The zero-order valence-corrected chi connectivity index (χ0v) is 13.4. The zero-order chi connectivity index (χ0) is 15.1. The van der Waals surface area contributed by atoms with Crippen LogP contribution in [0.4, 0.5) is 0 Å². The lowest BCUT2D eigenvalue weighted by Gasteiger charge is -2.32. The average molecular weight is 284 g/mol. The van der Waals surface area contributed by atoms with Crippen molar-refractivity contribution in [1.82, 2.24) is 0 Å². The average Bonchev–Trinajstić information content (AvgIpc) is 2.37. The molecule has 4 heteroatoms. The quantitative estimate of drug-likeness (QED) is 0.528. The third kappa shape index (κ3) is 4.82. The molecule has 1 rings (SSSR count). The summed E-state index contributed by atoms with van der Waals surface area (Å²) >= 11 is 0. The van der Waals surface area contributed by atoms with E-state index in [-0.39, 0.29) is 18.2 Å². The van der Waals surface area contributed by atoms with Crippen LogP contribution in [0.15, 0.2) is 11.3 Å². The largest absolute Gasteiger partial charge is 0.469 e. The summed E-state index contributed by atoms with van der Waals surface area (Å²) in [7, 11) is 1.42. The highest BCUT2D eigenvalue weighted by atomic mass is 16.7. The molecule has 1 aliphatic rings. The first kappa shape index (κ1) is 17.0. The van der Waals surface area contributed by atoms with E-state index >= 15 is 0 Å². The predicted octanol–water partition coefficient (Wildman–Crippen LogP) is 3.66. The van der Waals surface area contributed by atoms with E-state index in [9.17, 15) is 4.79 Å². The van der Waals surface area contributed by atoms with Crippen molar-refractivity contribution in [3.8, 4) is 0 Å². The second-order valence-corrected chi connectivity index (χ2v) is 5.80. The van der Waals surface area contributed by atoms with Crippen LogP contribution >= 0.6 is 0 Å². The summed E-state index contributed by atoms with van der Waals surface area (Å²) in [4.78, 5) is 11.9. The highest BCUT2D eigenvalue weighted by Gasteiger charge is 2.34. The highest BCUT2D eigenvalue weighted by Crippen LogP contribution is 2.34. The van der Waals surface area contributed by atoms with E-state index in [1.54, 1.807) is 0 Å². The van der Waals surface area contributed by atoms with Crippen LogP contribution in [0.5, 0.6) is 0 Å². The van der Waals surface area contributed by atoms with Gasteiger partial charge in [-0.1, -0.05) is 27.2 Å². The van der Waals surface area contributed by atoms with E-state index in [0.29, 0.717) is 23.9 Å². The van der Waals surface area contributed by atoms with E-state index in [2.05, 4.69) is 20.8 Å². The van der Waals surface area contributed by atoms with E-state index in [1.165, 1.54) is 7.11 Å². The van der Waals surface area contributed by atoms with Gasteiger partial charge in [-0.05, 0) is 25.7 Å². The molecule has 0 bridgehead atoms. The molecule has 0 aromatic rings. The van der Waals surface area contributed by atoms with E-state index in [1.807, 2.05) is 6.92 Å². The zero-order valence-electron chi connectivity index (χ0n) is 13.4. The maximum absolute atomic E-state index is 11.9. The number of hydrogen-bond acceptors (Lipinski definition) is 4. The molecule has 0 saturated heterocycles. The molecule has 1 aliphatic heterocycles. The third-order valence-electron chi connectivity index (χ3n) is 3.54. The monoisotopic (exact) mass is 284 g/mol. The van der Waals surface area contributed by atoms with Crippen molar-refractivity contribution in [2.45, 2.75) is 59.7 Å². The molecule has 0 spiro atoms. The summed E-state index contributed by atoms with van der Waals surface area (Å²) in [6.45, 7) is 8.98. The Morgan fingerprint density at radius 1 is 1.45 bits per heavy atom. The number of rotatable bonds is 7. The fourth-order valence-corrected chi connectivity index (χ4v) is 2.61. The molecule has 4 nitrogen and oxygen atoms in total. The van der Waals surface area contributed by atoms with Gasteiger partial charge in [-0.3, -0.25) is 0 Å². The summed E-state index contributed by atoms with van der Waals surface area (Å²) in [5.74, 6) is 1.04. The van der Waals surface area contributed by atoms with Gasteiger partial charge in [0.15, 0.2) is 6.29 Å². The summed E-state index contributed by atoms with van der Waals surface area (Å²) in [6.07, 6.45) is 3.56. The molecule has 20 heavy (non-hydrogen) atoms. The Bertz CT molecular complexity index is 346. The minimum absolute atomic E-state index is 0.155. The van der Waals surface area contributed by atoms with Gasteiger partial charge < -0.3 is 14.2 Å². The van der Waals surface area contributed by atoms with Gasteiger partial charge in [-0.2, -0.15) is 0 Å². The van der Waals surface area contributed by atoms with Gasteiger partial charge in [0, 0.05) is 12.3 Å². The van der Waals surface area contributed by atoms with Crippen LogP contribution in [-0.2, 0) is 19.0 Å². The first-order valence-electron chi connectivity index (χ1n) is 7.56. The Hall–Kier alpha value is -1.03. The molecule has 0 saturated carbocycles. The SMILES string of the molecule is CCCCO[C@H]1C[C@H](CC(C)C)C(C(=O)OC)=C(C)O1. The van der Waals surface area contributed by atoms with Crippen molar-refractivity contribution >= 4 is 5.97 Å². The number of esters is 1. The maximum atomic E-state index is 11.9. The second kappa shape index (κ2) is 8.30. The molecule has 0 radical (unpaired) electrons. The van der Waals surface area contributed by atoms with Crippen LogP contribution in [-0.4, -0.2) is 26.0 Å². The van der Waals surface area contributed by atoms with Crippen molar-refractivity contribution in [3.63, 3.8) is 0 Å². The minimum atomic E-state index is -0.278. The lowest BCUT2D eigenvalue weighted by atomic mass is 9.85. The number of carbonyl (C=O) groups excluding carboxylic acids is 1. The van der Waals surface area contributed by atoms with Crippen molar-refractivity contribution in [2.24, 2.45) is 11.8 Å². The van der Waals surface area contributed by atoms with Crippen LogP contribution in [0.2, 0.25) is 0 Å². The first-order valence-corrected chi connectivity index (χ1v) is 7.56. The highest BCUT2D eigenvalue weighted by molar-refractivity contribution is 5.89. The van der Waals surface area contributed by atoms with Crippen LogP contribution < -0.4 is 0 Å². The number of unbranched alkanes of at least 4 members (excludes halogenated alkanes) is 1. The van der Waals surface area contributed by atoms with Crippen molar-refractivity contribution in [2.75, 3.05) is 13.7 Å². The minimum Gasteiger partial charge on any atom is -0.469 e. The maximum Gasteiger partial charge on any atom is 0.337 e. The molecule has 2 atom stereocenters. The van der Waals surface area contributed by atoms with E-state index in [0.717, 1.165) is 25.7 Å². The van der Waals surface area contributed by atoms with E-state index in [4.69, 9.17) is 14.2 Å². The Balaban J connectivity index is 2.79. The summed E-state index contributed by atoms with van der Waals surface area (Å²) < 4.78 is 16.4. The Morgan fingerprint density at radius 3 is 2.70 bits per heavy atom. The molecule has 0 amide bonds. The molecular weight excluding hydrogens is 256 g/mol. The van der Waals surface area contributed by atoms with Gasteiger partial charge in [0.25, 0.3) is 0 Å². The molecule has 0 aromatic carbocycles. The lowest BCUT2D eigenvalue weighted by molar-refractivity contribution is -0.149. The standard InChI is InChI=1S/C16H28O4/c1-6-7-8-19-14-10-13(9-11(2)3)15(12(4)20-14)16(17)18-5/h11,13-14H,6-10H2,1-5H3/t13-,14+/m0/s1. The molecule has 0 aliphatic carbocycles. The predicted molar refractivity (Wildman–Crippen MR) is 78.0 cm³/mol. The van der Waals surface area contributed by atoms with E-state index < -0.39 is 0 Å². The molecule has 0 fully saturated rings. The third-order valence-corrected chi connectivity index (χ3v) is 3.54. The Kier molecular flexibility index (Phi) is 7.06. The summed E-state index contributed by atoms with van der Waals surface area (Å²) in [6, 6.07) is 0. The van der Waals surface area contributed by atoms with Crippen LogP contribution in [0.1, 0.15) is 53.4 Å². The van der Waals surface area contributed by atoms with Crippen molar-refractivity contribution in [1.29, 1.82) is 0 Å². The second-order valence-electron chi connectivity index (χ2n) is 5.80. The number of allylic oxidation sites excluding steroid dienone is 1. The topological polar surface area (TPSA) is 44.8 Å². The van der Waals surface area contributed by atoms with Crippen molar-refractivity contribution < 1.29 is 19.0 Å². The van der Waals surface area contributed by atoms with Gasteiger partial charge in [0.2, 0.25) is 0 Å². The summed E-state index contributed by atoms with van der Waals surface area (Å²) in [5, 5.41) is 0. The van der Waals surface area contributed by atoms with Gasteiger partial charge >= 0.3 is 5.97 Å². The number of carbonyl (C=O) groups is 1. The van der Waals surface area contributed by atoms with Crippen LogP contribution in [0, 0.1) is 11.8 Å². The van der Waals surface area contributed by atoms with Gasteiger partial charge in [0.05, 0.1) is 19.3 Å². The Labute approximate surface area is 122 Å². The number of methoxy groups -OCH3 is 1. The molecule has 0 unspecified atom stereocenters. The fourth-order valence-electron chi connectivity index (χ4n) is 2.61. The molecule has 0 aromatic heterocycles. The van der Waals surface area contributed by atoms with Gasteiger partial charge in [-0.15, -0.1) is 0 Å². The molecule has 116 valence electrons. The number of ether oxygens (including phenoxy) is 3. The Morgan fingerprint density at radius 2 is 2.15 bits per heavy atom. The van der Waals surface area contributed by atoms with Crippen LogP contribution in [0.3, 0.4) is 0 Å². The van der Waals surface area contributed by atoms with Crippen molar-refractivity contribution in [3.05, 3.63) is 11.3 Å². The lowest BCUT2D eigenvalue weighted by Crippen LogP contribution is -2.31. The van der Waals surface area contributed by atoms with Gasteiger partial charge in [0.1, 0.15) is 5.76 Å². The smallest absolute Gasteiger partial charge is 0.337 e. The summed E-state index contributed by atoms with van der Waals surface area (Å²) in [5.41, 5.74) is 0.677. The molecular formula is C16H28O4. The molecule has 0 N–H and O–H groups in total. The van der Waals surface area contributed by atoms with Crippen LogP contribution in [0.25, 0.3) is 0 Å².